The van der Waals surface area contributed by atoms with Crippen LogP contribution in [0.4, 0.5) is 13.2 Å². The van der Waals surface area contributed by atoms with E-state index in [1.807, 2.05) is 19.1 Å². The van der Waals surface area contributed by atoms with Crippen molar-refractivity contribution < 1.29 is 27.9 Å². The lowest BCUT2D eigenvalue weighted by molar-refractivity contribution is -0.192. The molecule has 0 fully saturated rings. The number of hydrogen-bond acceptors (Lipinski definition) is 5. The predicted octanol–water partition coefficient (Wildman–Crippen LogP) is 1.85. The maximum atomic E-state index is 12.3. The van der Waals surface area contributed by atoms with Crippen molar-refractivity contribution in [3.8, 4) is 0 Å². The highest BCUT2D eigenvalue weighted by Gasteiger charge is 2.38. The first-order valence-corrected chi connectivity index (χ1v) is 9.01. The number of H-pyrrole nitrogens is 1. The molecule has 0 aliphatic heterocycles. The highest BCUT2D eigenvalue weighted by atomic mass is 19.4. The molecular weight excluding hydrogens is 419 g/mol. The summed E-state index contributed by atoms with van der Waals surface area (Å²) in [7, 11) is 1.66. The van der Waals surface area contributed by atoms with E-state index in [2.05, 4.69) is 20.3 Å². The number of aromatic nitrogens is 4. The SMILES string of the molecule is Cc1cnc(CCC(=O)NCc2nc3ccccc3c(=O)n2C)[nH]1.O=C(O)C(F)(F)F. The topological polar surface area (TPSA) is 130 Å². The van der Waals surface area contributed by atoms with Crippen molar-refractivity contribution in [1.29, 1.82) is 0 Å². The van der Waals surface area contributed by atoms with E-state index in [-0.39, 0.29) is 18.0 Å². The summed E-state index contributed by atoms with van der Waals surface area (Å²) in [5.74, 6) is -1.54. The van der Waals surface area contributed by atoms with Crippen LogP contribution in [0.5, 0.6) is 0 Å². The van der Waals surface area contributed by atoms with Gasteiger partial charge in [-0.1, -0.05) is 12.1 Å². The first-order valence-electron chi connectivity index (χ1n) is 9.01. The van der Waals surface area contributed by atoms with Gasteiger partial charge in [0.05, 0.1) is 17.4 Å². The monoisotopic (exact) mass is 439 g/mol. The largest absolute Gasteiger partial charge is 0.490 e. The summed E-state index contributed by atoms with van der Waals surface area (Å²) in [6, 6.07) is 7.19. The molecule has 0 saturated heterocycles. The Morgan fingerprint density at radius 3 is 2.48 bits per heavy atom. The third-order valence-corrected chi connectivity index (χ3v) is 4.11. The molecule has 0 atom stereocenters. The number of aliphatic carboxylic acids is 1. The lowest BCUT2D eigenvalue weighted by atomic mass is 10.2. The highest BCUT2D eigenvalue weighted by molar-refractivity contribution is 5.78. The van der Waals surface area contributed by atoms with Gasteiger partial charge in [0.25, 0.3) is 5.56 Å². The van der Waals surface area contributed by atoms with Crippen molar-refractivity contribution >= 4 is 22.8 Å². The average Bonchev–Trinajstić information content (AvgIpc) is 3.13. The molecule has 3 N–H and O–H groups in total. The molecular formula is C19H20F3N5O4. The Morgan fingerprint density at radius 2 is 1.90 bits per heavy atom. The van der Waals surface area contributed by atoms with Crippen LogP contribution in [0.2, 0.25) is 0 Å². The van der Waals surface area contributed by atoms with Crippen molar-refractivity contribution in [3.63, 3.8) is 0 Å². The summed E-state index contributed by atoms with van der Waals surface area (Å²) in [5.41, 5.74) is 1.49. The number of fused-ring (bicyclic) bond motifs is 1. The maximum absolute atomic E-state index is 12.3. The number of carbonyl (C=O) groups is 2. The van der Waals surface area contributed by atoms with Crippen LogP contribution in [0.15, 0.2) is 35.3 Å². The molecule has 2 heterocycles. The third-order valence-electron chi connectivity index (χ3n) is 4.11. The average molecular weight is 439 g/mol. The fraction of sp³-hybridized carbons (Fsp3) is 0.316. The second-order valence-corrected chi connectivity index (χ2v) is 6.50. The van der Waals surface area contributed by atoms with E-state index >= 15 is 0 Å². The first kappa shape index (κ1) is 23.6. The summed E-state index contributed by atoms with van der Waals surface area (Å²) in [6.07, 6.45) is -2.47. The van der Waals surface area contributed by atoms with Gasteiger partial charge in [-0.3, -0.25) is 14.2 Å². The fourth-order valence-corrected chi connectivity index (χ4v) is 2.51. The van der Waals surface area contributed by atoms with Crippen LogP contribution in [-0.2, 0) is 29.6 Å². The van der Waals surface area contributed by atoms with Gasteiger partial charge in [0, 0.05) is 31.8 Å². The van der Waals surface area contributed by atoms with Crippen LogP contribution >= 0.6 is 0 Å². The zero-order valence-electron chi connectivity index (χ0n) is 16.7. The van der Waals surface area contributed by atoms with Gasteiger partial charge in [-0.15, -0.1) is 0 Å². The van der Waals surface area contributed by atoms with Gasteiger partial charge in [-0.25, -0.2) is 14.8 Å². The number of nitrogens with one attached hydrogen (secondary N) is 2. The standard InChI is InChI=1S/C17H19N5O2.C2HF3O2/c1-11-9-18-14(20-11)7-8-16(23)19-10-15-21-13-6-4-3-5-12(13)17(24)22(15)2;3-2(4,5)1(6)7/h3-6,9H,7-8,10H2,1-2H3,(H,18,20)(H,19,23);(H,6,7). The summed E-state index contributed by atoms with van der Waals surface area (Å²) >= 11 is 0. The number of carbonyl (C=O) groups excluding carboxylic acids is 1. The lowest BCUT2D eigenvalue weighted by Gasteiger charge is -2.10. The molecule has 2 aromatic heterocycles. The molecule has 0 unspecified atom stereocenters. The van der Waals surface area contributed by atoms with Crippen LogP contribution in [0, 0.1) is 6.92 Å². The van der Waals surface area contributed by atoms with E-state index in [1.165, 1.54) is 4.57 Å². The van der Waals surface area contributed by atoms with Crippen molar-refractivity contribution in [2.45, 2.75) is 32.5 Å². The molecule has 31 heavy (non-hydrogen) atoms. The van der Waals surface area contributed by atoms with Gasteiger partial charge in [0.1, 0.15) is 11.6 Å². The van der Waals surface area contributed by atoms with Crippen LogP contribution in [0.25, 0.3) is 10.9 Å². The molecule has 166 valence electrons. The van der Waals surface area contributed by atoms with Crippen molar-refractivity contribution in [2.75, 3.05) is 0 Å². The van der Waals surface area contributed by atoms with Crippen LogP contribution < -0.4 is 10.9 Å². The van der Waals surface area contributed by atoms with Crippen molar-refractivity contribution in [2.24, 2.45) is 7.05 Å². The van der Waals surface area contributed by atoms with Gasteiger partial charge < -0.3 is 15.4 Å². The summed E-state index contributed by atoms with van der Waals surface area (Å²) in [6.45, 7) is 2.13. The van der Waals surface area contributed by atoms with E-state index in [0.29, 0.717) is 29.6 Å². The zero-order chi connectivity index (χ0) is 23.2. The highest BCUT2D eigenvalue weighted by Crippen LogP contribution is 2.13. The smallest absolute Gasteiger partial charge is 0.475 e. The molecule has 0 aliphatic rings. The Hall–Kier alpha value is -3.70. The number of alkyl halides is 3. The van der Waals surface area contributed by atoms with Gasteiger partial charge in [-0.05, 0) is 19.1 Å². The Kier molecular flexibility index (Phi) is 7.51. The number of imidazole rings is 1. The fourth-order valence-electron chi connectivity index (χ4n) is 2.51. The molecule has 0 aliphatic carbocycles. The van der Waals surface area contributed by atoms with Crippen molar-refractivity contribution in [1.82, 2.24) is 24.8 Å². The second kappa shape index (κ2) is 9.87. The number of rotatable bonds is 5. The molecule has 1 amide bonds. The number of benzene rings is 1. The number of para-hydroxylation sites is 1. The molecule has 0 saturated carbocycles. The minimum atomic E-state index is -5.08. The van der Waals surface area contributed by atoms with Crippen LogP contribution in [0.1, 0.15) is 23.8 Å². The number of nitrogens with zero attached hydrogens (tertiary/aromatic N) is 3. The molecule has 0 bridgehead atoms. The normalized spacial score (nSPS) is 11.0. The summed E-state index contributed by atoms with van der Waals surface area (Å²) < 4.78 is 33.2. The van der Waals surface area contributed by atoms with Gasteiger partial charge in [0.15, 0.2) is 0 Å². The van der Waals surface area contributed by atoms with Gasteiger partial charge in [-0.2, -0.15) is 13.2 Å². The minimum Gasteiger partial charge on any atom is -0.475 e. The quantitative estimate of drug-likeness (QED) is 0.556. The maximum Gasteiger partial charge on any atom is 0.490 e. The van der Waals surface area contributed by atoms with Gasteiger partial charge >= 0.3 is 12.1 Å². The minimum absolute atomic E-state index is 0.105. The van der Waals surface area contributed by atoms with E-state index in [4.69, 9.17) is 9.90 Å². The second-order valence-electron chi connectivity index (χ2n) is 6.50. The Morgan fingerprint density at radius 1 is 1.26 bits per heavy atom. The molecule has 1 aromatic carbocycles. The Balaban J connectivity index is 0.000000423. The van der Waals surface area contributed by atoms with E-state index in [9.17, 15) is 22.8 Å². The lowest BCUT2D eigenvalue weighted by Crippen LogP contribution is -2.29. The number of hydrogen-bond donors (Lipinski definition) is 3. The number of aromatic amines is 1. The number of halogens is 3. The number of carboxylic acid groups (broad SMARTS) is 1. The molecule has 0 radical (unpaired) electrons. The van der Waals surface area contributed by atoms with E-state index < -0.39 is 12.1 Å². The van der Waals surface area contributed by atoms with Gasteiger partial charge in [0.2, 0.25) is 5.91 Å². The first-order chi connectivity index (χ1) is 14.5. The predicted molar refractivity (Wildman–Crippen MR) is 104 cm³/mol. The molecule has 3 aromatic rings. The Bertz CT molecular complexity index is 1140. The third kappa shape index (κ3) is 6.66. The van der Waals surface area contributed by atoms with Crippen LogP contribution in [0.3, 0.4) is 0 Å². The molecule has 0 spiro atoms. The number of amides is 1. The number of carboxylic acids is 1. The van der Waals surface area contributed by atoms with E-state index in [1.54, 1.807) is 25.4 Å². The van der Waals surface area contributed by atoms with E-state index in [0.717, 1.165) is 11.5 Å². The summed E-state index contributed by atoms with van der Waals surface area (Å²) in [5, 5.41) is 10.5. The Labute approximate surface area is 173 Å². The summed E-state index contributed by atoms with van der Waals surface area (Å²) in [4.78, 5) is 44.9. The van der Waals surface area contributed by atoms with Crippen LogP contribution in [-0.4, -0.2) is 42.7 Å². The molecule has 3 rings (SSSR count). The number of aryl methyl sites for hydroxylation is 2. The molecule has 9 nitrogen and oxygen atoms in total. The molecule has 12 heteroatoms. The van der Waals surface area contributed by atoms with Crippen molar-refractivity contribution in [3.05, 3.63) is 58.2 Å². The zero-order valence-corrected chi connectivity index (χ0v) is 16.7.